The molecule has 0 radical (unpaired) electrons. The average Bonchev–Trinajstić information content (AvgIpc) is 2.61. The normalized spacial score (nSPS) is 12.2. The molecule has 2 aromatic rings. The van der Waals surface area contributed by atoms with Gasteiger partial charge in [0.2, 0.25) is 0 Å². The quantitative estimate of drug-likeness (QED) is 0.846. The van der Waals surface area contributed by atoms with E-state index < -0.39 is 0 Å². The molecular formula is C11H16N4O. The number of pyridine rings is 1. The van der Waals surface area contributed by atoms with Crippen molar-refractivity contribution in [1.82, 2.24) is 14.6 Å². The van der Waals surface area contributed by atoms with E-state index in [1.165, 1.54) is 0 Å². The van der Waals surface area contributed by atoms with Gasteiger partial charge in [-0.15, -0.1) is 10.2 Å². The Balaban J connectivity index is 2.41. The van der Waals surface area contributed by atoms with Crippen LogP contribution >= 0.6 is 0 Å². The van der Waals surface area contributed by atoms with Crippen LogP contribution in [0.1, 0.15) is 19.7 Å². The number of nitrogens with two attached hydrogens (primary N) is 1. The molecule has 0 fully saturated rings. The summed E-state index contributed by atoms with van der Waals surface area (Å²) in [5, 5.41) is 8.23. The largest absolute Gasteiger partial charge is 0.398 e. The molecule has 0 saturated heterocycles. The van der Waals surface area contributed by atoms with E-state index >= 15 is 0 Å². The molecule has 16 heavy (non-hydrogen) atoms. The van der Waals surface area contributed by atoms with Crippen LogP contribution in [0.25, 0.3) is 5.65 Å². The van der Waals surface area contributed by atoms with Crippen molar-refractivity contribution in [1.29, 1.82) is 0 Å². The van der Waals surface area contributed by atoms with Crippen LogP contribution in [0.15, 0.2) is 18.3 Å². The molecule has 86 valence electrons. The molecule has 5 heteroatoms. The Morgan fingerprint density at radius 2 is 2.12 bits per heavy atom. The molecule has 5 nitrogen and oxygen atoms in total. The fourth-order valence-electron chi connectivity index (χ4n) is 1.53. The van der Waals surface area contributed by atoms with Crippen LogP contribution in [0, 0.1) is 0 Å². The summed E-state index contributed by atoms with van der Waals surface area (Å²) in [5.41, 5.74) is 6.98. The molecule has 0 aliphatic carbocycles. The first kappa shape index (κ1) is 10.9. The Hall–Kier alpha value is -1.62. The van der Waals surface area contributed by atoms with Crippen molar-refractivity contribution in [2.24, 2.45) is 0 Å². The zero-order valence-electron chi connectivity index (χ0n) is 9.77. The van der Waals surface area contributed by atoms with Crippen LogP contribution in [0.4, 0.5) is 5.69 Å². The monoisotopic (exact) mass is 220 g/mol. The molecule has 0 saturated carbocycles. The lowest BCUT2D eigenvalue weighted by Gasteiger charge is -2.21. The van der Waals surface area contributed by atoms with Crippen LogP contribution < -0.4 is 5.73 Å². The minimum Gasteiger partial charge on any atom is -0.398 e. The van der Waals surface area contributed by atoms with E-state index in [0.29, 0.717) is 12.1 Å². The summed E-state index contributed by atoms with van der Waals surface area (Å²) in [5.74, 6) is 0.856. The maximum absolute atomic E-state index is 5.74. The Kier molecular flexibility index (Phi) is 2.55. The summed E-state index contributed by atoms with van der Waals surface area (Å²) in [4.78, 5) is 0. The van der Waals surface area contributed by atoms with Crippen LogP contribution in [-0.4, -0.2) is 27.3 Å². The summed E-state index contributed by atoms with van der Waals surface area (Å²) in [6.07, 6.45) is 2.52. The van der Waals surface area contributed by atoms with Gasteiger partial charge in [0.05, 0.1) is 5.60 Å². The number of aromatic nitrogens is 3. The highest BCUT2D eigenvalue weighted by Gasteiger charge is 2.20. The summed E-state index contributed by atoms with van der Waals surface area (Å²) in [7, 11) is 1.69. The van der Waals surface area contributed by atoms with Gasteiger partial charge in [0.1, 0.15) is 5.82 Å². The van der Waals surface area contributed by atoms with Gasteiger partial charge in [0.25, 0.3) is 0 Å². The number of fused-ring (bicyclic) bond motifs is 1. The SMILES string of the molecule is COC(C)(C)Cc1nnc2ccc(N)cn12. The fourth-order valence-corrected chi connectivity index (χ4v) is 1.53. The van der Waals surface area contributed by atoms with Crippen molar-refractivity contribution >= 4 is 11.3 Å². The third kappa shape index (κ3) is 1.99. The van der Waals surface area contributed by atoms with E-state index in [0.717, 1.165) is 11.5 Å². The smallest absolute Gasteiger partial charge is 0.160 e. The molecule has 0 bridgehead atoms. The van der Waals surface area contributed by atoms with Crippen molar-refractivity contribution < 1.29 is 4.74 Å². The minimum absolute atomic E-state index is 0.256. The molecule has 0 unspecified atom stereocenters. The number of rotatable bonds is 3. The second-order valence-electron chi connectivity index (χ2n) is 4.45. The highest BCUT2D eigenvalue weighted by Crippen LogP contribution is 2.16. The van der Waals surface area contributed by atoms with Gasteiger partial charge in [-0.3, -0.25) is 4.40 Å². The maximum Gasteiger partial charge on any atom is 0.160 e. The van der Waals surface area contributed by atoms with Gasteiger partial charge < -0.3 is 10.5 Å². The summed E-state index contributed by atoms with van der Waals surface area (Å²) < 4.78 is 7.28. The number of hydrogen-bond acceptors (Lipinski definition) is 4. The molecule has 2 N–H and O–H groups in total. The van der Waals surface area contributed by atoms with E-state index in [2.05, 4.69) is 10.2 Å². The first-order valence-electron chi connectivity index (χ1n) is 5.16. The lowest BCUT2D eigenvalue weighted by molar-refractivity contribution is 0.0214. The number of methoxy groups -OCH3 is 1. The first-order valence-corrected chi connectivity index (χ1v) is 5.16. The standard InChI is InChI=1S/C11H16N4O/c1-11(2,16-3)6-10-14-13-9-5-4-8(12)7-15(9)10/h4-5,7H,6,12H2,1-3H3. The van der Waals surface area contributed by atoms with Crippen LogP contribution in [0.5, 0.6) is 0 Å². The van der Waals surface area contributed by atoms with Gasteiger partial charge in [0.15, 0.2) is 5.65 Å². The van der Waals surface area contributed by atoms with Crippen molar-refractivity contribution in [3.05, 3.63) is 24.2 Å². The molecule has 0 atom stereocenters. The van der Waals surface area contributed by atoms with Crippen molar-refractivity contribution in [3.8, 4) is 0 Å². The van der Waals surface area contributed by atoms with Crippen LogP contribution in [-0.2, 0) is 11.2 Å². The van der Waals surface area contributed by atoms with E-state index in [4.69, 9.17) is 10.5 Å². The van der Waals surface area contributed by atoms with Crippen molar-refractivity contribution in [3.63, 3.8) is 0 Å². The molecule has 0 aromatic carbocycles. The predicted molar refractivity (Wildman–Crippen MR) is 62.2 cm³/mol. The number of ether oxygens (including phenoxy) is 1. The number of hydrogen-bond donors (Lipinski definition) is 1. The summed E-state index contributed by atoms with van der Waals surface area (Å²) >= 11 is 0. The molecule has 0 aliphatic heterocycles. The van der Waals surface area contributed by atoms with Gasteiger partial charge in [-0.2, -0.15) is 0 Å². The molecular weight excluding hydrogens is 204 g/mol. The van der Waals surface area contributed by atoms with Crippen molar-refractivity contribution in [2.75, 3.05) is 12.8 Å². The highest BCUT2D eigenvalue weighted by molar-refractivity contribution is 5.47. The summed E-state index contributed by atoms with van der Waals surface area (Å²) in [6.45, 7) is 4.03. The topological polar surface area (TPSA) is 65.4 Å². The third-order valence-electron chi connectivity index (χ3n) is 2.63. The van der Waals surface area contributed by atoms with E-state index in [1.54, 1.807) is 7.11 Å². The van der Waals surface area contributed by atoms with Gasteiger partial charge in [0, 0.05) is 25.4 Å². The minimum atomic E-state index is -0.256. The Morgan fingerprint density at radius 1 is 1.38 bits per heavy atom. The highest BCUT2D eigenvalue weighted by atomic mass is 16.5. The Morgan fingerprint density at radius 3 is 2.81 bits per heavy atom. The van der Waals surface area contributed by atoms with Crippen LogP contribution in [0.2, 0.25) is 0 Å². The zero-order valence-corrected chi connectivity index (χ0v) is 9.77. The molecule has 0 aliphatic rings. The molecule has 2 heterocycles. The first-order chi connectivity index (χ1) is 7.52. The zero-order chi connectivity index (χ0) is 11.8. The van der Waals surface area contributed by atoms with E-state index in [9.17, 15) is 0 Å². The number of nitrogens with zero attached hydrogens (tertiary/aromatic N) is 3. The van der Waals surface area contributed by atoms with Gasteiger partial charge in [-0.25, -0.2) is 0 Å². The molecule has 2 aromatic heterocycles. The number of nitrogen functional groups attached to an aromatic ring is 1. The predicted octanol–water partition coefficient (Wildman–Crippen LogP) is 1.28. The maximum atomic E-state index is 5.74. The Labute approximate surface area is 94.2 Å². The number of anilines is 1. The van der Waals surface area contributed by atoms with Gasteiger partial charge >= 0.3 is 0 Å². The van der Waals surface area contributed by atoms with E-state index in [1.807, 2.05) is 36.6 Å². The van der Waals surface area contributed by atoms with Crippen molar-refractivity contribution in [2.45, 2.75) is 25.9 Å². The molecule has 0 amide bonds. The van der Waals surface area contributed by atoms with Gasteiger partial charge in [-0.1, -0.05) is 0 Å². The second kappa shape index (κ2) is 3.75. The fraction of sp³-hybridized carbons (Fsp3) is 0.455. The second-order valence-corrected chi connectivity index (χ2v) is 4.45. The summed E-state index contributed by atoms with van der Waals surface area (Å²) in [6, 6.07) is 3.67. The van der Waals surface area contributed by atoms with Crippen LogP contribution in [0.3, 0.4) is 0 Å². The van der Waals surface area contributed by atoms with Gasteiger partial charge in [-0.05, 0) is 26.0 Å². The third-order valence-corrected chi connectivity index (χ3v) is 2.63. The molecule has 2 rings (SSSR count). The average molecular weight is 220 g/mol. The Bertz CT molecular complexity index is 504. The lowest BCUT2D eigenvalue weighted by Crippen LogP contribution is -2.26. The molecule has 0 spiro atoms. The van der Waals surface area contributed by atoms with E-state index in [-0.39, 0.29) is 5.60 Å². The lowest BCUT2D eigenvalue weighted by atomic mass is 10.1.